The van der Waals surface area contributed by atoms with Crippen molar-refractivity contribution in [1.82, 2.24) is 0 Å². The van der Waals surface area contributed by atoms with Crippen molar-refractivity contribution in [3.63, 3.8) is 0 Å². The molecule has 2 rings (SSSR count). The van der Waals surface area contributed by atoms with Gasteiger partial charge in [0.15, 0.2) is 0 Å². The lowest BCUT2D eigenvalue weighted by atomic mass is 10.2. The van der Waals surface area contributed by atoms with Gasteiger partial charge in [0.2, 0.25) is 0 Å². The molecule has 0 aromatic heterocycles. The van der Waals surface area contributed by atoms with Gasteiger partial charge in [-0.3, -0.25) is 4.90 Å². The summed E-state index contributed by atoms with van der Waals surface area (Å²) >= 11 is 1.72. The van der Waals surface area contributed by atoms with Gasteiger partial charge in [-0.15, -0.1) is 11.8 Å². The van der Waals surface area contributed by atoms with Crippen molar-refractivity contribution in [3.8, 4) is 0 Å². The molecule has 1 aliphatic heterocycles. The van der Waals surface area contributed by atoms with Crippen molar-refractivity contribution in [1.29, 1.82) is 0 Å². The lowest BCUT2D eigenvalue weighted by molar-refractivity contribution is 0.179. The number of hydrogen-bond acceptors (Lipinski definition) is 4. The van der Waals surface area contributed by atoms with Crippen LogP contribution in [0.4, 0.5) is 16.2 Å². The molecule has 4 nitrogen and oxygen atoms in total. The quantitative estimate of drug-likeness (QED) is 0.684. The number of rotatable bonds is 0. The van der Waals surface area contributed by atoms with Crippen molar-refractivity contribution >= 4 is 29.2 Å². The largest absolute Gasteiger partial charge is 0.452 e. The predicted octanol–water partition coefficient (Wildman–Crippen LogP) is 1.95. The van der Waals surface area contributed by atoms with E-state index in [1.54, 1.807) is 22.7 Å². The van der Waals surface area contributed by atoms with Crippen molar-refractivity contribution in [2.24, 2.45) is 0 Å². The molecular weight excluding hydrogens is 212 g/mol. The number of benzene rings is 1. The van der Waals surface area contributed by atoms with Crippen molar-refractivity contribution in [2.45, 2.75) is 4.90 Å². The van der Waals surface area contributed by atoms with E-state index < -0.39 is 0 Å². The van der Waals surface area contributed by atoms with Gasteiger partial charge in [0.05, 0.1) is 12.8 Å². The summed E-state index contributed by atoms with van der Waals surface area (Å²) in [7, 11) is 1.38. The van der Waals surface area contributed by atoms with Crippen LogP contribution in [0, 0.1) is 0 Å². The van der Waals surface area contributed by atoms with Crippen LogP contribution in [0.5, 0.6) is 0 Å². The van der Waals surface area contributed by atoms with Crippen LogP contribution in [0.15, 0.2) is 23.1 Å². The SMILES string of the molecule is COC(=O)N1CCSc2ccc(N)cc21. The molecule has 1 aliphatic rings. The second-order valence-electron chi connectivity index (χ2n) is 3.20. The van der Waals surface area contributed by atoms with Crippen LogP contribution in [0.3, 0.4) is 0 Å². The lowest BCUT2D eigenvalue weighted by Gasteiger charge is -2.27. The first-order chi connectivity index (χ1) is 7.22. The molecule has 0 unspecified atom stereocenters. The zero-order chi connectivity index (χ0) is 10.8. The van der Waals surface area contributed by atoms with Gasteiger partial charge in [0.25, 0.3) is 0 Å². The van der Waals surface area contributed by atoms with Crippen LogP contribution in [0.2, 0.25) is 0 Å². The summed E-state index contributed by atoms with van der Waals surface area (Å²) in [5.41, 5.74) is 7.20. The maximum absolute atomic E-state index is 11.5. The highest BCUT2D eigenvalue weighted by Crippen LogP contribution is 2.36. The van der Waals surface area contributed by atoms with E-state index in [-0.39, 0.29) is 6.09 Å². The van der Waals surface area contributed by atoms with Crippen LogP contribution >= 0.6 is 11.8 Å². The maximum atomic E-state index is 11.5. The van der Waals surface area contributed by atoms with E-state index >= 15 is 0 Å². The third kappa shape index (κ3) is 1.87. The summed E-state index contributed by atoms with van der Waals surface area (Å²) in [6, 6.07) is 5.58. The highest BCUT2D eigenvalue weighted by Gasteiger charge is 2.23. The molecule has 0 aliphatic carbocycles. The summed E-state index contributed by atoms with van der Waals surface area (Å²) in [5.74, 6) is 0.881. The molecule has 0 saturated heterocycles. The highest BCUT2D eigenvalue weighted by atomic mass is 32.2. The molecule has 5 heteroatoms. The Morgan fingerprint density at radius 3 is 3.13 bits per heavy atom. The van der Waals surface area contributed by atoms with E-state index in [9.17, 15) is 4.79 Å². The number of thioether (sulfide) groups is 1. The Hall–Kier alpha value is -1.36. The molecule has 0 spiro atoms. The highest BCUT2D eigenvalue weighted by molar-refractivity contribution is 7.99. The van der Waals surface area contributed by atoms with Crippen LogP contribution in [0.1, 0.15) is 0 Å². The van der Waals surface area contributed by atoms with E-state index in [1.807, 2.05) is 12.1 Å². The summed E-state index contributed by atoms with van der Waals surface area (Å²) in [6.45, 7) is 0.661. The zero-order valence-corrected chi connectivity index (χ0v) is 9.21. The molecule has 1 aromatic rings. The van der Waals surface area contributed by atoms with Gasteiger partial charge in [-0.05, 0) is 18.2 Å². The molecule has 0 radical (unpaired) electrons. The van der Waals surface area contributed by atoms with Crippen LogP contribution in [-0.4, -0.2) is 25.5 Å². The van der Waals surface area contributed by atoms with Crippen LogP contribution < -0.4 is 10.6 Å². The number of nitrogens with zero attached hydrogens (tertiary/aromatic N) is 1. The first kappa shape index (κ1) is 10.2. The maximum Gasteiger partial charge on any atom is 0.414 e. The summed E-state index contributed by atoms with van der Waals surface area (Å²) in [4.78, 5) is 14.2. The van der Waals surface area contributed by atoms with Gasteiger partial charge in [-0.2, -0.15) is 0 Å². The van der Waals surface area contributed by atoms with Gasteiger partial charge in [0.1, 0.15) is 0 Å². The molecule has 80 valence electrons. The molecule has 0 atom stereocenters. The molecular formula is C10H12N2O2S. The van der Waals surface area contributed by atoms with Gasteiger partial charge < -0.3 is 10.5 Å². The first-order valence-electron chi connectivity index (χ1n) is 4.60. The van der Waals surface area contributed by atoms with Gasteiger partial charge in [0, 0.05) is 22.9 Å². The fourth-order valence-electron chi connectivity index (χ4n) is 1.53. The molecule has 15 heavy (non-hydrogen) atoms. The number of carbonyl (C=O) groups excluding carboxylic acids is 1. The molecule has 0 bridgehead atoms. The number of ether oxygens (including phenoxy) is 1. The standard InChI is InChI=1S/C10H12N2O2S/c1-14-10(13)12-4-5-15-9-3-2-7(11)6-8(9)12/h2-3,6H,4-5,11H2,1H3. The van der Waals surface area contributed by atoms with Crippen molar-refractivity contribution in [3.05, 3.63) is 18.2 Å². The Morgan fingerprint density at radius 2 is 2.40 bits per heavy atom. The molecule has 1 amide bonds. The Kier molecular flexibility index (Phi) is 2.73. The molecule has 0 saturated carbocycles. The Labute approximate surface area is 92.4 Å². The minimum atomic E-state index is -0.331. The summed E-state index contributed by atoms with van der Waals surface area (Å²) in [5, 5.41) is 0. The number of hydrogen-bond donors (Lipinski definition) is 1. The molecule has 1 aromatic carbocycles. The van der Waals surface area contributed by atoms with Crippen LogP contribution in [0.25, 0.3) is 0 Å². The Morgan fingerprint density at radius 1 is 1.60 bits per heavy atom. The summed E-state index contributed by atoms with van der Waals surface area (Å²) in [6.07, 6.45) is -0.331. The normalized spacial score (nSPS) is 14.6. The average molecular weight is 224 g/mol. The van der Waals surface area contributed by atoms with Gasteiger partial charge >= 0.3 is 6.09 Å². The van der Waals surface area contributed by atoms with E-state index in [2.05, 4.69) is 0 Å². The van der Waals surface area contributed by atoms with Crippen molar-refractivity contribution < 1.29 is 9.53 Å². The molecule has 1 heterocycles. The predicted molar refractivity (Wildman–Crippen MR) is 61.3 cm³/mol. The smallest absolute Gasteiger partial charge is 0.414 e. The van der Waals surface area contributed by atoms with Crippen LogP contribution in [-0.2, 0) is 4.74 Å². The zero-order valence-electron chi connectivity index (χ0n) is 8.40. The van der Waals surface area contributed by atoms with E-state index in [1.165, 1.54) is 7.11 Å². The summed E-state index contributed by atoms with van der Waals surface area (Å²) < 4.78 is 4.72. The third-order valence-corrected chi connectivity index (χ3v) is 3.28. The fourth-order valence-corrected chi connectivity index (χ4v) is 2.51. The number of methoxy groups -OCH3 is 1. The molecule has 0 fully saturated rings. The number of nitrogen functional groups attached to an aromatic ring is 1. The Bertz CT molecular complexity index is 395. The topological polar surface area (TPSA) is 55.6 Å². The second-order valence-corrected chi connectivity index (χ2v) is 4.33. The fraction of sp³-hybridized carbons (Fsp3) is 0.300. The number of carbonyl (C=O) groups is 1. The van der Waals surface area contributed by atoms with Gasteiger partial charge in [-0.25, -0.2) is 4.79 Å². The monoisotopic (exact) mass is 224 g/mol. The third-order valence-electron chi connectivity index (χ3n) is 2.24. The number of nitrogens with two attached hydrogens (primary N) is 1. The minimum absolute atomic E-state index is 0.331. The number of anilines is 2. The first-order valence-corrected chi connectivity index (χ1v) is 5.59. The second kappa shape index (κ2) is 4.02. The van der Waals surface area contributed by atoms with Crippen molar-refractivity contribution in [2.75, 3.05) is 30.0 Å². The Balaban J connectivity index is 2.40. The minimum Gasteiger partial charge on any atom is -0.452 e. The number of fused-ring (bicyclic) bond motifs is 1. The van der Waals surface area contributed by atoms with Gasteiger partial charge in [-0.1, -0.05) is 0 Å². The lowest BCUT2D eigenvalue weighted by Crippen LogP contribution is -2.35. The average Bonchev–Trinajstić information content (AvgIpc) is 2.27. The molecule has 2 N–H and O–H groups in total. The van der Waals surface area contributed by atoms with E-state index in [4.69, 9.17) is 10.5 Å². The van der Waals surface area contributed by atoms with E-state index in [0.717, 1.165) is 16.3 Å². The number of amides is 1. The van der Waals surface area contributed by atoms with E-state index in [0.29, 0.717) is 12.2 Å².